The van der Waals surface area contributed by atoms with Crippen LogP contribution < -0.4 is 4.72 Å². The Morgan fingerprint density at radius 2 is 2.12 bits per heavy atom. The van der Waals surface area contributed by atoms with Crippen molar-refractivity contribution < 1.29 is 8.42 Å². The third kappa shape index (κ3) is 4.00. The summed E-state index contributed by atoms with van der Waals surface area (Å²) in [4.78, 5) is 0. The minimum Gasteiger partial charge on any atom is -0.206 e. The molecular formula is C9H13BrClNO2S2. The maximum Gasteiger partial charge on any atom is 0.250 e. The molecule has 0 unspecified atom stereocenters. The molecule has 1 aromatic heterocycles. The zero-order valence-electron chi connectivity index (χ0n) is 8.96. The normalized spacial score (nSPS) is 13.0. The highest BCUT2D eigenvalue weighted by Gasteiger charge is 2.26. The number of alkyl halides is 1. The lowest BCUT2D eigenvalue weighted by Gasteiger charge is -2.24. The van der Waals surface area contributed by atoms with E-state index in [4.69, 9.17) is 11.6 Å². The van der Waals surface area contributed by atoms with Gasteiger partial charge in [0.1, 0.15) is 4.21 Å². The highest BCUT2D eigenvalue weighted by atomic mass is 79.9. The smallest absolute Gasteiger partial charge is 0.206 e. The van der Waals surface area contributed by atoms with Crippen LogP contribution in [0.5, 0.6) is 0 Å². The first-order valence-electron chi connectivity index (χ1n) is 4.62. The average molecular weight is 347 g/mol. The van der Waals surface area contributed by atoms with Crippen LogP contribution in [0.1, 0.15) is 20.3 Å². The molecule has 0 atom stereocenters. The molecule has 1 aromatic rings. The van der Waals surface area contributed by atoms with Crippen LogP contribution in [0.3, 0.4) is 0 Å². The quantitative estimate of drug-likeness (QED) is 0.832. The van der Waals surface area contributed by atoms with E-state index in [0.717, 1.165) is 3.79 Å². The summed E-state index contributed by atoms with van der Waals surface area (Å²) in [6, 6.07) is 3.29. The van der Waals surface area contributed by atoms with Crippen LogP contribution in [-0.4, -0.2) is 19.8 Å². The molecule has 0 bridgehead atoms. The maximum absolute atomic E-state index is 12.0. The molecule has 0 aliphatic heterocycles. The number of sulfonamides is 1. The molecule has 92 valence electrons. The molecule has 0 saturated carbocycles. The molecule has 0 aromatic carbocycles. The maximum atomic E-state index is 12.0. The predicted octanol–water partition coefficient (Wildman–Crippen LogP) is 3.20. The van der Waals surface area contributed by atoms with Gasteiger partial charge < -0.3 is 0 Å². The number of thiophene rings is 1. The van der Waals surface area contributed by atoms with Crippen LogP contribution in [0.15, 0.2) is 20.1 Å². The Morgan fingerprint density at radius 3 is 2.56 bits per heavy atom. The van der Waals surface area contributed by atoms with Gasteiger partial charge in [-0.3, -0.25) is 0 Å². The van der Waals surface area contributed by atoms with Crippen molar-refractivity contribution in [3.63, 3.8) is 0 Å². The molecule has 1 heterocycles. The standard InChI is InChI=1S/C9H13BrClNO2S2/c1-9(2,5-6-11)12-16(13,14)8-4-3-7(10)15-8/h3-4,12H,5-6H2,1-2H3. The SMILES string of the molecule is CC(C)(CCCl)NS(=O)(=O)c1ccc(Br)s1. The van der Waals surface area contributed by atoms with Crippen molar-refractivity contribution in [2.45, 2.75) is 30.0 Å². The second-order valence-electron chi connectivity index (χ2n) is 3.99. The fourth-order valence-electron chi connectivity index (χ4n) is 1.14. The predicted molar refractivity (Wildman–Crippen MR) is 71.8 cm³/mol. The van der Waals surface area contributed by atoms with Gasteiger partial charge in [-0.05, 0) is 48.3 Å². The van der Waals surface area contributed by atoms with Crippen molar-refractivity contribution in [1.82, 2.24) is 4.72 Å². The Bertz CT molecular complexity index is 456. The first-order chi connectivity index (χ1) is 7.27. The van der Waals surface area contributed by atoms with Gasteiger partial charge in [0.2, 0.25) is 0 Å². The van der Waals surface area contributed by atoms with Crippen LogP contribution in [0.2, 0.25) is 0 Å². The van der Waals surface area contributed by atoms with Crippen LogP contribution in [0.25, 0.3) is 0 Å². The average Bonchev–Trinajstić information content (AvgIpc) is 2.49. The number of rotatable bonds is 5. The second-order valence-corrected chi connectivity index (χ2v) is 8.74. The molecule has 0 aliphatic rings. The summed E-state index contributed by atoms with van der Waals surface area (Å²) in [7, 11) is -3.44. The van der Waals surface area contributed by atoms with Gasteiger partial charge in [-0.25, -0.2) is 13.1 Å². The number of halogens is 2. The first-order valence-corrected chi connectivity index (χ1v) is 8.25. The summed E-state index contributed by atoms with van der Waals surface area (Å²) in [5, 5.41) is 0. The minimum absolute atomic E-state index is 0.307. The van der Waals surface area contributed by atoms with E-state index in [1.807, 2.05) is 13.8 Å². The Balaban J connectivity index is 2.88. The Labute approximate surface area is 113 Å². The molecule has 3 nitrogen and oxygen atoms in total. The fraction of sp³-hybridized carbons (Fsp3) is 0.556. The van der Waals surface area contributed by atoms with Gasteiger partial charge in [-0.15, -0.1) is 22.9 Å². The highest BCUT2D eigenvalue weighted by Crippen LogP contribution is 2.27. The van der Waals surface area contributed by atoms with Gasteiger partial charge in [0.15, 0.2) is 0 Å². The summed E-state index contributed by atoms with van der Waals surface area (Å²) >= 11 is 10.1. The number of hydrogen-bond donors (Lipinski definition) is 1. The van der Waals surface area contributed by atoms with Gasteiger partial charge in [0.05, 0.1) is 3.79 Å². The van der Waals surface area contributed by atoms with E-state index in [1.54, 1.807) is 12.1 Å². The minimum atomic E-state index is -3.44. The van der Waals surface area contributed by atoms with E-state index in [-0.39, 0.29) is 0 Å². The van der Waals surface area contributed by atoms with Gasteiger partial charge in [0, 0.05) is 11.4 Å². The molecular weight excluding hydrogens is 334 g/mol. The number of nitrogens with one attached hydrogen (secondary N) is 1. The third-order valence-electron chi connectivity index (χ3n) is 1.94. The van der Waals surface area contributed by atoms with Gasteiger partial charge in [-0.1, -0.05) is 0 Å². The molecule has 0 radical (unpaired) electrons. The van der Waals surface area contributed by atoms with Gasteiger partial charge >= 0.3 is 0 Å². The molecule has 0 spiro atoms. The second kappa shape index (κ2) is 5.35. The highest BCUT2D eigenvalue weighted by molar-refractivity contribution is 9.11. The van der Waals surface area contributed by atoms with Crippen molar-refractivity contribution >= 4 is 48.9 Å². The van der Waals surface area contributed by atoms with Crippen molar-refractivity contribution in [1.29, 1.82) is 0 Å². The van der Waals surface area contributed by atoms with Crippen LogP contribution in [0, 0.1) is 0 Å². The summed E-state index contributed by atoms with van der Waals surface area (Å²) in [6.07, 6.45) is 0.584. The fourth-order valence-corrected chi connectivity index (χ4v) is 5.07. The molecule has 0 aliphatic carbocycles. The lowest BCUT2D eigenvalue weighted by Crippen LogP contribution is -2.43. The van der Waals surface area contributed by atoms with E-state index in [2.05, 4.69) is 20.7 Å². The summed E-state index contributed by atoms with van der Waals surface area (Å²) < 4.78 is 27.7. The summed E-state index contributed by atoms with van der Waals surface area (Å²) in [6.45, 7) is 3.63. The molecule has 0 fully saturated rings. The molecule has 16 heavy (non-hydrogen) atoms. The number of hydrogen-bond acceptors (Lipinski definition) is 3. The van der Waals surface area contributed by atoms with Gasteiger partial charge in [-0.2, -0.15) is 0 Å². The topological polar surface area (TPSA) is 46.2 Å². The monoisotopic (exact) mass is 345 g/mol. The van der Waals surface area contributed by atoms with Crippen LogP contribution in [-0.2, 0) is 10.0 Å². The van der Waals surface area contributed by atoms with Crippen LogP contribution >= 0.6 is 38.9 Å². The lowest BCUT2D eigenvalue weighted by atomic mass is 10.0. The molecule has 1 rings (SSSR count). The van der Waals surface area contributed by atoms with E-state index in [9.17, 15) is 8.42 Å². The zero-order chi connectivity index (χ0) is 12.4. The third-order valence-corrected chi connectivity index (χ3v) is 5.95. The summed E-state index contributed by atoms with van der Waals surface area (Å²) in [5.74, 6) is 0.420. The lowest BCUT2D eigenvalue weighted by molar-refractivity contribution is 0.442. The Hall–Kier alpha value is 0.380. The Morgan fingerprint density at radius 1 is 1.50 bits per heavy atom. The molecule has 0 saturated heterocycles. The molecule has 0 amide bonds. The van der Waals surface area contributed by atoms with E-state index >= 15 is 0 Å². The van der Waals surface area contributed by atoms with Gasteiger partial charge in [0.25, 0.3) is 10.0 Å². The van der Waals surface area contributed by atoms with E-state index < -0.39 is 15.6 Å². The first kappa shape index (κ1) is 14.4. The molecule has 7 heteroatoms. The zero-order valence-corrected chi connectivity index (χ0v) is 12.9. The van der Waals surface area contributed by atoms with E-state index in [1.165, 1.54) is 11.3 Å². The van der Waals surface area contributed by atoms with Crippen molar-refractivity contribution in [2.75, 3.05) is 5.88 Å². The van der Waals surface area contributed by atoms with Crippen LogP contribution in [0.4, 0.5) is 0 Å². The van der Waals surface area contributed by atoms with Crippen molar-refractivity contribution in [3.8, 4) is 0 Å². The van der Waals surface area contributed by atoms with Crippen molar-refractivity contribution in [2.24, 2.45) is 0 Å². The van der Waals surface area contributed by atoms with Crippen molar-refractivity contribution in [3.05, 3.63) is 15.9 Å². The Kier molecular flexibility index (Phi) is 4.83. The largest absolute Gasteiger partial charge is 0.250 e. The summed E-state index contributed by atoms with van der Waals surface area (Å²) in [5.41, 5.74) is -0.531. The van der Waals surface area contributed by atoms with E-state index in [0.29, 0.717) is 16.5 Å². The molecule has 1 N–H and O–H groups in total.